The van der Waals surface area contributed by atoms with E-state index in [0.717, 1.165) is 18.9 Å². The molecule has 17 heavy (non-hydrogen) atoms. The fourth-order valence-corrected chi connectivity index (χ4v) is 2.54. The van der Waals surface area contributed by atoms with E-state index in [1.807, 2.05) is 13.0 Å². The van der Waals surface area contributed by atoms with Crippen LogP contribution in [-0.4, -0.2) is 24.6 Å². The number of rotatable bonds is 5. The van der Waals surface area contributed by atoms with Crippen LogP contribution >= 0.6 is 0 Å². The summed E-state index contributed by atoms with van der Waals surface area (Å²) in [5, 5.41) is 0. The molecule has 1 aromatic carbocycles. The zero-order valence-corrected chi connectivity index (χ0v) is 10.6. The van der Waals surface area contributed by atoms with Crippen LogP contribution < -0.4 is 4.74 Å². The van der Waals surface area contributed by atoms with Gasteiger partial charge in [0.05, 0.1) is 6.61 Å². The molecule has 0 saturated carbocycles. The van der Waals surface area contributed by atoms with Crippen LogP contribution in [0.1, 0.15) is 31.4 Å². The van der Waals surface area contributed by atoms with E-state index in [4.69, 9.17) is 4.74 Å². The molecule has 2 heteroatoms. The molecular formula is C15H21NO. The largest absolute Gasteiger partial charge is 0.494 e. The molecule has 1 saturated heterocycles. The zero-order chi connectivity index (χ0) is 12.1. The summed E-state index contributed by atoms with van der Waals surface area (Å²) in [6.45, 7) is 8.74. The normalized spacial score (nSPS) is 20.4. The second-order valence-corrected chi connectivity index (χ2v) is 4.44. The highest BCUT2D eigenvalue weighted by Gasteiger charge is 2.24. The number of ether oxygens (including phenoxy) is 1. The maximum atomic E-state index is 5.47. The van der Waals surface area contributed by atoms with Gasteiger partial charge in [-0.05, 0) is 44.0 Å². The maximum absolute atomic E-state index is 5.47. The molecule has 0 aliphatic carbocycles. The lowest BCUT2D eigenvalue weighted by Gasteiger charge is -2.23. The van der Waals surface area contributed by atoms with Gasteiger partial charge in [0.15, 0.2) is 0 Å². The Morgan fingerprint density at radius 1 is 1.41 bits per heavy atom. The molecule has 1 aliphatic rings. The second-order valence-electron chi connectivity index (χ2n) is 4.44. The van der Waals surface area contributed by atoms with Crippen LogP contribution in [0.4, 0.5) is 0 Å². The SMILES string of the molecule is C=CCN1CCCC1c1ccc(OCC)cc1. The van der Waals surface area contributed by atoms with Gasteiger partial charge in [-0.15, -0.1) is 6.58 Å². The summed E-state index contributed by atoms with van der Waals surface area (Å²) in [5.74, 6) is 0.963. The Morgan fingerprint density at radius 3 is 2.82 bits per heavy atom. The molecule has 1 fully saturated rings. The van der Waals surface area contributed by atoms with Gasteiger partial charge in [-0.25, -0.2) is 0 Å². The molecule has 1 unspecified atom stereocenters. The summed E-state index contributed by atoms with van der Waals surface area (Å²) >= 11 is 0. The average Bonchev–Trinajstić information content (AvgIpc) is 2.79. The highest BCUT2D eigenvalue weighted by Crippen LogP contribution is 2.32. The minimum absolute atomic E-state index is 0.559. The van der Waals surface area contributed by atoms with E-state index in [2.05, 4.69) is 35.7 Å². The molecular weight excluding hydrogens is 210 g/mol. The molecule has 0 radical (unpaired) electrons. The van der Waals surface area contributed by atoms with Crippen LogP contribution in [0.15, 0.2) is 36.9 Å². The van der Waals surface area contributed by atoms with Crippen molar-refractivity contribution in [2.24, 2.45) is 0 Å². The molecule has 92 valence electrons. The summed E-state index contributed by atoms with van der Waals surface area (Å²) in [7, 11) is 0. The van der Waals surface area contributed by atoms with E-state index < -0.39 is 0 Å². The minimum Gasteiger partial charge on any atom is -0.494 e. The van der Waals surface area contributed by atoms with Crippen molar-refractivity contribution >= 4 is 0 Å². The third-order valence-corrected chi connectivity index (χ3v) is 3.30. The third-order valence-electron chi connectivity index (χ3n) is 3.30. The highest BCUT2D eigenvalue weighted by atomic mass is 16.5. The number of benzene rings is 1. The van der Waals surface area contributed by atoms with E-state index in [9.17, 15) is 0 Å². The van der Waals surface area contributed by atoms with Gasteiger partial charge in [0, 0.05) is 12.6 Å². The van der Waals surface area contributed by atoms with Crippen LogP contribution in [0.5, 0.6) is 5.75 Å². The van der Waals surface area contributed by atoms with Crippen molar-refractivity contribution in [1.29, 1.82) is 0 Å². The monoisotopic (exact) mass is 231 g/mol. The van der Waals surface area contributed by atoms with Crippen molar-refractivity contribution in [2.45, 2.75) is 25.8 Å². The third kappa shape index (κ3) is 2.89. The van der Waals surface area contributed by atoms with Gasteiger partial charge in [-0.3, -0.25) is 4.90 Å². The first-order chi connectivity index (χ1) is 8.35. The van der Waals surface area contributed by atoms with Crippen LogP contribution in [0.2, 0.25) is 0 Å². The lowest BCUT2D eigenvalue weighted by molar-refractivity contribution is 0.285. The van der Waals surface area contributed by atoms with Gasteiger partial charge >= 0.3 is 0 Å². The van der Waals surface area contributed by atoms with Gasteiger partial charge < -0.3 is 4.74 Å². The van der Waals surface area contributed by atoms with Gasteiger partial charge in [0.25, 0.3) is 0 Å². The molecule has 1 heterocycles. The van der Waals surface area contributed by atoms with E-state index >= 15 is 0 Å². The number of hydrogen-bond acceptors (Lipinski definition) is 2. The molecule has 0 bridgehead atoms. The molecule has 0 spiro atoms. The fourth-order valence-electron chi connectivity index (χ4n) is 2.54. The predicted molar refractivity (Wildman–Crippen MR) is 71.4 cm³/mol. The number of hydrogen-bond donors (Lipinski definition) is 0. The van der Waals surface area contributed by atoms with Crippen molar-refractivity contribution in [3.63, 3.8) is 0 Å². The first kappa shape index (κ1) is 12.2. The Labute approximate surface area is 104 Å². The standard InChI is InChI=1S/C15H21NO/c1-3-11-16-12-5-6-15(16)13-7-9-14(10-8-13)17-4-2/h3,7-10,15H,1,4-6,11-12H2,2H3. The fraction of sp³-hybridized carbons (Fsp3) is 0.467. The summed E-state index contributed by atoms with van der Waals surface area (Å²) in [6, 6.07) is 9.09. The first-order valence-electron chi connectivity index (χ1n) is 6.43. The van der Waals surface area contributed by atoms with Gasteiger partial charge in [-0.1, -0.05) is 18.2 Å². The Morgan fingerprint density at radius 2 is 2.18 bits per heavy atom. The second kappa shape index (κ2) is 5.87. The van der Waals surface area contributed by atoms with Crippen LogP contribution in [0.25, 0.3) is 0 Å². The van der Waals surface area contributed by atoms with Crippen LogP contribution in [0.3, 0.4) is 0 Å². The molecule has 0 amide bonds. The number of nitrogens with zero attached hydrogens (tertiary/aromatic N) is 1. The molecule has 0 aromatic heterocycles. The van der Waals surface area contributed by atoms with Gasteiger partial charge in [0.1, 0.15) is 5.75 Å². The summed E-state index contributed by atoms with van der Waals surface area (Å²) in [6.07, 6.45) is 4.53. The lowest BCUT2D eigenvalue weighted by atomic mass is 10.0. The first-order valence-corrected chi connectivity index (χ1v) is 6.43. The van der Waals surface area contributed by atoms with Crippen LogP contribution in [0, 0.1) is 0 Å². The van der Waals surface area contributed by atoms with E-state index in [1.165, 1.54) is 24.9 Å². The predicted octanol–water partition coefficient (Wildman–Crippen LogP) is 3.41. The average molecular weight is 231 g/mol. The highest BCUT2D eigenvalue weighted by molar-refractivity contribution is 5.29. The summed E-state index contributed by atoms with van der Waals surface area (Å²) in [4.78, 5) is 2.49. The van der Waals surface area contributed by atoms with Crippen molar-refractivity contribution in [2.75, 3.05) is 19.7 Å². The number of likely N-dealkylation sites (tertiary alicyclic amines) is 1. The van der Waals surface area contributed by atoms with E-state index in [1.54, 1.807) is 0 Å². The smallest absolute Gasteiger partial charge is 0.119 e. The van der Waals surface area contributed by atoms with Crippen molar-refractivity contribution < 1.29 is 4.74 Å². The van der Waals surface area contributed by atoms with Crippen molar-refractivity contribution in [3.05, 3.63) is 42.5 Å². The van der Waals surface area contributed by atoms with Crippen molar-refractivity contribution in [1.82, 2.24) is 4.90 Å². The minimum atomic E-state index is 0.559. The quantitative estimate of drug-likeness (QED) is 0.720. The van der Waals surface area contributed by atoms with E-state index in [0.29, 0.717) is 6.04 Å². The van der Waals surface area contributed by atoms with E-state index in [-0.39, 0.29) is 0 Å². The molecule has 1 aromatic rings. The lowest BCUT2D eigenvalue weighted by Crippen LogP contribution is -2.23. The maximum Gasteiger partial charge on any atom is 0.119 e. The van der Waals surface area contributed by atoms with Crippen molar-refractivity contribution in [3.8, 4) is 5.75 Å². The topological polar surface area (TPSA) is 12.5 Å². The molecule has 2 nitrogen and oxygen atoms in total. The zero-order valence-electron chi connectivity index (χ0n) is 10.6. The molecule has 0 N–H and O–H groups in total. The Balaban J connectivity index is 2.07. The Bertz CT molecular complexity index is 358. The summed E-state index contributed by atoms with van der Waals surface area (Å²) in [5.41, 5.74) is 1.40. The molecule has 1 atom stereocenters. The van der Waals surface area contributed by atoms with Gasteiger partial charge in [-0.2, -0.15) is 0 Å². The Hall–Kier alpha value is -1.28. The molecule has 1 aliphatic heterocycles. The summed E-state index contributed by atoms with van der Waals surface area (Å²) < 4.78 is 5.47. The van der Waals surface area contributed by atoms with Gasteiger partial charge in [0.2, 0.25) is 0 Å². The molecule has 2 rings (SSSR count). The Kier molecular flexibility index (Phi) is 4.21. The van der Waals surface area contributed by atoms with Crippen LogP contribution in [-0.2, 0) is 0 Å².